The molecule has 0 atom stereocenters. The van der Waals surface area contributed by atoms with Gasteiger partial charge in [-0.15, -0.1) is 0 Å². The van der Waals surface area contributed by atoms with E-state index in [0.29, 0.717) is 6.54 Å². The van der Waals surface area contributed by atoms with Gasteiger partial charge in [-0.05, 0) is 25.9 Å². The molecule has 0 radical (unpaired) electrons. The minimum absolute atomic E-state index is 0.0144. The molecule has 0 spiro atoms. The maximum absolute atomic E-state index is 11.3. The second kappa shape index (κ2) is 5.63. The van der Waals surface area contributed by atoms with Gasteiger partial charge in [-0.2, -0.15) is 0 Å². The summed E-state index contributed by atoms with van der Waals surface area (Å²) in [4.78, 5) is 13.3. The maximum Gasteiger partial charge on any atom is 0.308 e. The van der Waals surface area contributed by atoms with Crippen LogP contribution in [0, 0.1) is 5.92 Å². The van der Waals surface area contributed by atoms with Gasteiger partial charge in [-0.3, -0.25) is 4.79 Å². The molecule has 1 fully saturated rings. The first-order chi connectivity index (χ1) is 7.42. The van der Waals surface area contributed by atoms with E-state index in [9.17, 15) is 13.2 Å². The van der Waals surface area contributed by atoms with Gasteiger partial charge in [0.25, 0.3) is 0 Å². The number of nitrogens with zero attached hydrogens (tertiary/aromatic N) is 1. The molecule has 0 aromatic rings. The van der Waals surface area contributed by atoms with Crippen LogP contribution >= 0.6 is 0 Å². The maximum atomic E-state index is 11.3. The number of hydrogen-bond donors (Lipinski definition) is 0. The fourth-order valence-corrected chi connectivity index (χ4v) is 2.44. The first-order valence-corrected chi connectivity index (χ1v) is 7.46. The molecule has 1 rings (SSSR count). The summed E-state index contributed by atoms with van der Waals surface area (Å²) >= 11 is 0. The molecule has 5 nitrogen and oxygen atoms in total. The largest absolute Gasteiger partial charge is 0.469 e. The smallest absolute Gasteiger partial charge is 0.308 e. The lowest BCUT2D eigenvalue weighted by atomic mass is 9.97. The lowest BCUT2D eigenvalue weighted by Crippen LogP contribution is -2.39. The van der Waals surface area contributed by atoms with E-state index >= 15 is 0 Å². The van der Waals surface area contributed by atoms with E-state index in [1.165, 1.54) is 13.4 Å². The molecule has 0 saturated carbocycles. The number of methoxy groups -OCH3 is 1. The van der Waals surface area contributed by atoms with Gasteiger partial charge in [0.05, 0.1) is 18.8 Å². The predicted octanol–water partition coefficient (Wildman–Crippen LogP) is -0.0840. The highest BCUT2D eigenvalue weighted by atomic mass is 32.2. The molecule has 0 amide bonds. The summed E-state index contributed by atoms with van der Waals surface area (Å²) < 4.78 is 26.7. The number of hydrogen-bond acceptors (Lipinski definition) is 5. The molecule has 0 aromatic carbocycles. The Labute approximate surface area is 96.7 Å². The van der Waals surface area contributed by atoms with Crippen LogP contribution < -0.4 is 0 Å². The van der Waals surface area contributed by atoms with Crippen molar-refractivity contribution in [3.63, 3.8) is 0 Å². The van der Waals surface area contributed by atoms with Crippen LogP contribution in [0.4, 0.5) is 0 Å². The van der Waals surface area contributed by atoms with Crippen LogP contribution in [0.1, 0.15) is 12.8 Å². The van der Waals surface area contributed by atoms with Gasteiger partial charge in [0.15, 0.2) is 0 Å². The highest BCUT2D eigenvalue weighted by Crippen LogP contribution is 2.18. The normalized spacial score (nSPS) is 19.6. The van der Waals surface area contributed by atoms with Crippen LogP contribution in [-0.2, 0) is 19.4 Å². The van der Waals surface area contributed by atoms with Crippen LogP contribution in [0.15, 0.2) is 0 Å². The molecule has 6 heteroatoms. The van der Waals surface area contributed by atoms with Crippen molar-refractivity contribution in [2.45, 2.75) is 12.8 Å². The molecular formula is C10H19NO4S. The Morgan fingerprint density at radius 2 is 1.94 bits per heavy atom. The molecule has 0 N–H and O–H groups in total. The minimum atomic E-state index is -2.89. The molecule has 1 saturated heterocycles. The highest BCUT2D eigenvalue weighted by molar-refractivity contribution is 7.90. The SMILES string of the molecule is COC(=O)C1CCN(CCS(C)(=O)=O)CC1. The van der Waals surface area contributed by atoms with Gasteiger partial charge in [-0.25, -0.2) is 8.42 Å². The standard InChI is InChI=1S/C10H19NO4S/c1-15-10(12)9-3-5-11(6-4-9)7-8-16(2,13)14/h9H,3-8H2,1-2H3. The van der Waals surface area contributed by atoms with Crippen LogP contribution in [0.5, 0.6) is 0 Å². The van der Waals surface area contributed by atoms with E-state index in [0.717, 1.165) is 25.9 Å². The Bertz CT molecular complexity index is 331. The summed E-state index contributed by atoms with van der Waals surface area (Å²) in [6.45, 7) is 2.11. The van der Waals surface area contributed by atoms with Gasteiger partial charge in [0.1, 0.15) is 9.84 Å². The van der Waals surface area contributed by atoms with Crippen molar-refractivity contribution < 1.29 is 17.9 Å². The fraction of sp³-hybridized carbons (Fsp3) is 0.900. The van der Waals surface area contributed by atoms with Crippen molar-refractivity contribution >= 4 is 15.8 Å². The van der Waals surface area contributed by atoms with Crippen molar-refractivity contribution in [2.24, 2.45) is 5.92 Å². The second-order valence-corrected chi connectivity index (χ2v) is 6.53. The van der Waals surface area contributed by atoms with E-state index in [1.54, 1.807) is 0 Å². The van der Waals surface area contributed by atoms with Crippen LogP contribution in [0.2, 0.25) is 0 Å². The first-order valence-electron chi connectivity index (χ1n) is 5.40. The molecular weight excluding hydrogens is 230 g/mol. The fourth-order valence-electron chi connectivity index (χ4n) is 1.85. The van der Waals surface area contributed by atoms with Gasteiger partial charge >= 0.3 is 5.97 Å². The molecule has 0 unspecified atom stereocenters. The summed E-state index contributed by atoms with van der Waals surface area (Å²) in [6.07, 6.45) is 2.76. The van der Waals surface area contributed by atoms with Crippen LogP contribution in [-0.4, -0.2) is 58.0 Å². The number of likely N-dealkylation sites (tertiary alicyclic amines) is 1. The van der Waals surface area contributed by atoms with Crippen molar-refractivity contribution in [2.75, 3.05) is 38.8 Å². The zero-order chi connectivity index (χ0) is 12.2. The average Bonchev–Trinajstić information content (AvgIpc) is 2.25. The highest BCUT2D eigenvalue weighted by Gasteiger charge is 2.25. The lowest BCUT2D eigenvalue weighted by Gasteiger charge is -2.30. The number of ether oxygens (including phenoxy) is 1. The molecule has 0 aliphatic carbocycles. The topological polar surface area (TPSA) is 63.7 Å². The monoisotopic (exact) mass is 249 g/mol. The number of carbonyl (C=O) groups excluding carboxylic acids is 1. The van der Waals surface area contributed by atoms with E-state index in [4.69, 9.17) is 0 Å². The number of rotatable bonds is 4. The Morgan fingerprint density at radius 1 is 1.38 bits per heavy atom. The molecule has 16 heavy (non-hydrogen) atoms. The van der Waals surface area contributed by atoms with E-state index in [-0.39, 0.29) is 17.6 Å². The number of piperidine rings is 1. The zero-order valence-corrected chi connectivity index (χ0v) is 10.6. The molecule has 1 heterocycles. The number of sulfone groups is 1. The van der Waals surface area contributed by atoms with E-state index in [2.05, 4.69) is 9.64 Å². The van der Waals surface area contributed by atoms with Gasteiger partial charge in [0.2, 0.25) is 0 Å². The van der Waals surface area contributed by atoms with Crippen molar-refractivity contribution in [1.29, 1.82) is 0 Å². The Morgan fingerprint density at radius 3 is 2.38 bits per heavy atom. The predicted molar refractivity (Wildman–Crippen MR) is 60.9 cm³/mol. The molecule has 0 aromatic heterocycles. The summed E-state index contributed by atoms with van der Waals surface area (Å²) in [7, 11) is -1.49. The quantitative estimate of drug-likeness (QED) is 0.652. The second-order valence-electron chi connectivity index (χ2n) is 4.27. The Kier molecular flexibility index (Phi) is 4.73. The third-order valence-corrected chi connectivity index (χ3v) is 3.82. The van der Waals surface area contributed by atoms with Crippen LogP contribution in [0.3, 0.4) is 0 Å². The minimum Gasteiger partial charge on any atom is -0.469 e. The molecule has 0 bridgehead atoms. The molecule has 1 aliphatic heterocycles. The summed E-state index contributed by atoms with van der Waals surface area (Å²) in [5.74, 6) is 0.0258. The van der Waals surface area contributed by atoms with E-state index < -0.39 is 9.84 Å². The van der Waals surface area contributed by atoms with Gasteiger partial charge in [-0.1, -0.05) is 0 Å². The average molecular weight is 249 g/mol. The summed E-state index contributed by atoms with van der Waals surface area (Å²) in [5.41, 5.74) is 0. The number of carbonyl (C=O) groups is 1. The van der Waals surface area contributed by atoms with Gasteiger partial charge in [0, 0.05) is 12.8 Å². The summed E-state index contributed by atoms with van der Waals surface area (Å²) in [5, 5.41) is 0. The Balaban J connectivity index is 2.30. The van der Waals surface area contributed by atoms with Crippen LogP contribution in [0.25, 0.3) is 0 Å². The lowest BCUT2D eigenvalue weighted by molar-refractivity contribution is -0.147. The number of esters is 1. The van der Waals surface area contributed by atoms with Crippen molar-refractivity contribution in [3.05, 3.63) is 0 Å². The van der Waals surface area contributed by atoms with Crippen molar-refractivity contribution in [3.8, 4) is 0 Å². The third-order valence-electron chi connectivity index (χ3n) is 2.90. The molecule has 94 valence electrons. The van der Waals surface area contributed by atoms with E-state index in [1.807, 2.05) is 0 Å². The first kappa shape index (κ1) is 13.4. The molecule has 1 aliphatic rings. The van der Waals surface area contributed by atoms with Gasteiger partial charge < -0.3 is 9.64 Å². The summed E-state index contributed by atoms with van der Waals surface area (Å²) in [6, 6.07) is 0. The van der Waals surface area contributed by atoms with Crippen molar-refractivity contribution in [1.82, 2.24) is 4.90 Å². The Hall–Kier alpha value is -0.620. The third kappa shape index (κ3) is 4.49. The zero-order valence-electron chi connectivity index (χ0n) is 9.81.